The summed E-state index contributed by atoms with van der Waals surface area (Å²) in [5, 5.41) is 11.5. The third-order valence-electron chi connectivity index (χ3n) is 3.87. The Morgan fingerprint density at radius 1 is 1.04 bits per heavy atom. The van der Waals surface area contributed by atoms with Crippen molar-refractivity contribution >= 4 is 27.4 Å². The number of benzene rings is 2. The fourth-order valence-corrected chi connectivity index (χ4v) is 4.36. The third-order valence-corrected chi connectivity index (χ3v) is 5.82. The molecule has 0 unspecified atom stereocenters. The van der Waals surface area contributed by atoms with Crippen molar-refractivity contribution < 1.29 is 18.1 Å². The molecule has 0 heterocycles. The van der Waals surface area contributed by atoms with Crippen molar-refractivity contribution in [2.75, 3.05) is 0 Å². The first kappa shape index (κ1) is 20.0. The average molecular weight is 390 g/mol. The van der Waals surface area contributed by atoms with Gasteiger partial charge in [-0.15, -0.1) is 0 Å². The second-order valence-corrected chi connectivity index (χ2v) is 7.89. The molecule has 10 heteroatoms. The average Bonchev–Trinajstić information content (AvgIpc) is 2.53. The Morgan fingerprint density at radius 2 is 1.67 bits per heavy atom. The highest BCUT2D eigenvalue weighted by Crippen LogP contribution is 2.33. The van der Waals surface area contributed by atoms with Gasteiger partial charge >= 0.3 is 0 Å². The number of hydrogen-bond acceptors (Lipinski definition) is 5. The summed E-state index contributed by atoms with van der Waals surface area (Å²) < 4.78 is 26.1. The van der Waals surface area contributed by atoms with Crippen molar-refractivity contribution in [2.24, 2.45) is 16.5 Å². The first-order chi connectivity index (χ1) is 12.4. The minimum Gasteiger partial charge on any atom is -0.370 e. The number of carbonyl (C=O) groups excluding carboxylic acids is 1. The van der Waals surface area contributed by atoms with E-state index in [-0.39, 0.29) is 16.0 Å². The van der Waals surface area contributed by atoms with E-state index in [9.17, 15) is 23.3 Å². The molecule has 0 fully saturated rings. The second kappa shape index (κ2) is 7.16. The normalized spacial score (nSPS) is 11.1. The largest absolute Gasteiger partial charge is 0.370 e. The number of aryl methyl sites for hydroxylation is 3. The molecule has 0 bridgehead atoms. The van der Waals surface area contributed by atoms with Gasteiger partial charge in [-0.3, -0.25) is 14.9 Å². The van der Waals surface area contributed by atoms with E-state index in [1.54, 1.807) is 26.0 Å². The molecule has 0 aromatic heterocycles. The van der Waals surface area contributed by atoms with Gasteiger partial charge in [0.05, 0.1) is 15.4 Å². The predicted molar refractivity (Wildman–Crippen MR) is 99.3 cm³/mol. The van der Waals surface area contributed by atoms with E-state index >= 15 is 0 Å². The lowest BCUT2D eigenvalue weighted by Crippen LogP contribution is -2.24. The van der Waals surface area contributed by atoms with Gasteiger partial charge in [-0.1, -0.05) is 17.7 Å². The molecule has 0 spiro atoms. The molecule has 0 saturated carbocycles. The van der Waals surface area contributed by atoms with Gasteiger partial charge < -0.3 is 11.5 Å². The molecule has 2 aromatic rings. The highest BCUT2D eigenvalue weighted by atomic mass is 32.2. The van der Waals surface area contributed by atoms with Crippen molar-refractivity contribution in [2.45, 2.75) is 30.6 Å². The van der Waals surface area contributed by atoms with Gasteiger partial charge in [0.2, 0.25) is 9.84 Å². The summed E-state index contributed by atoms with van der Waals surface area (Å²) in [5.41, 5.74) is 10.9. The number of rotatable bonds is 4. The van der Waals surface area contributed by atoms with Crippen LogP contribution in [0.3, 0.4) is 0 Å². The molecular formula is C17H18N4O5S. The molecule has 2 aromatic carbocycles. The van der Waals surface area contributed by atoms with Gasteiger partial charge in [0, 0.05) is 6.07 Å². The van der Waals surface area contributed by atoms with Crippen molar-refractivity contribution in [1.82, 2.24) is 0 Å². The van der Waals surface area contributed by atoms with Gasteiger partial charge in [0.25, 0.3) is 11.6 Å². The predicted octanol–water partition coefficient (Wildman–Crippen LogP) is 1.77. The van der Waals surface area contributed by atoms with Crippen molar-refractivity contribution in [3.63, 3.8) is 0 Å². The summed E-state index contributed by atoms with van der Waals surface area (Å²) in [5.74, 6) is -1.40. The molecule has 0 atom stereocenters. The second-order valence-electron chi connectivity index (χ2n) is 6.01. The molecule has 2 rings (SSSR count). The van der Waals surface area contributed by atoms with Gasteiger partial charge in [0.15, 0.2) is 5.96 Å². The Hall–Kier alpha value is -3.27. The topological polar surface area (TPSA) is 159 Å². The molecule has 0 aliphatic carbocycles. The van der Waals surface area contributed by atoms with Crippen LogP contribution in [0.4, 0.5) is 5.69 Å². The van der Waals surface area contributed by atoms with E-state index in [0.717, 1.165) is 17.7 Å². The molecule has 1 amide bonds. The molecule has 0 aliphatic rings. The number of nitrogens with two attached hydrogens (primary N) is 2. The lowest BCUT2D eigenvalue weighted by atomic mass is 10.1. The first-order valence-electron chi connectivity index (χ1n) is 7.70. The highest BCUT2D eigenvalue weighted by molar-refractivity contribution is 7.91. The van der Waals surface area contributed by atoms with Gasteiger partial charge in [-0.25, -0.2) is 8.42 Å². The maximum absolute atomic E-state index is 13.0. The van der Waals surface area contributed by atoms with E-state index in [0.29, 0.717) is 5.56 Å². The highest BCUT2D eigenvalue weighted by Gasteiger charge is 2.31. The Bertz CT molecular complexity index is 1090. The zero-order valence-electron chi connectivity index (χ0n) is 14.9. The lowest BCUT2D eigenvalue weighted by Gasteiger charge is -2.11. The van der Waals surface area contributed by atoms with E-state index in [2.05, 4.69) is 4.99 Å². The summed E-state index contributed by atoms with van der Waals surface area (Å²) in [4.78, 5) is 25.5. The standard InChI is InChI=1S/C17H18N4O5S/c1-9-4-5-14(11(3)6-9)27(25,26)15-7-10(2)12(8-13(15)21(23)24)16(22)20-17(18)19/h4-8H,1-3H3,(H4,18,19,20,22). The number of hydrogen-bond donors (Lipinski definition) is 2. The van der Waals surface area contributed by atoms with Gasteiger partial charge in [-0.05, 0) is 44.0 Å². The fourth-order valence-electron chi connectivity index (χ4n) is 2.66. The Kier molecular flexibility index (Phi) is 5.31. The number of nitro groups is 1. The SMILES string of the molecule is Cc1ccc(S(=O)(=O)c2cc(C)c(C(=O)N=C(N)N)cc2[N+](=O)[O-])c(C)c1. The minimum absolute atomic E-state index is 0.0427. The molecular weight excluding hydrogens is 372 g/mol. The van der Waals surface area contributed by atoms with E-state index in [1.807, 2.05) is 0 Å². The van der Waals surface area contributed by atoms with Crippen LogP contribution in [0.2, 0.25) is 0 Å². The number of nitrogens with zero attached hydrogens (tertiary/aromatic N) is 2. The van der Waals surface area contributed by atoms with Gasteiger partial charge in [-0.2, -0.15) is 4.99 Å². The maximum Gasteiger partial charge on any atom is 0.289 e. The molecule has 142 valence electrons. The lowest BCUT2D eigenvalue weighted by molar-refractivity contribution is -0.387. The van der Waals surface area contributed by atoms with Crippen molar-refractivity contribution in [3.05, 3.63) is 62.7 Å². The Morgan fingerprint density at radius 3 is 2.19 bits per heavy atom. The Labute approximate surface area is 155 Å². The monoisotopic (exact) mass is 390 g/mol. The van der Waals surface area contributed by atoms with Crippen LogP contribution in [-0.4, -0.2) is 25.2 Å². The molecule has 0 aliphatic heterocycles. The fraction of sp³-hybridized carbons (Fsp3) is 0.176. The summed E-state index contributed by atoms with van der Waals surface area (Å²) in [7, 11) is -4.19. The zero-order valence-corrected chi connectivity index (χ0v) is 15.7. The number of carbonyl (C=O) groups is 1. The minimum atomic E-state index is -4.19. The smallest absolute Gasteiger partial charge is 0.289 e. The van der Waals surface area contributed by atoms with Crippen molar-refractivity contribution in [1.29, 1.82) is 0 Å². The molecule has 0 radical (unpaired) electrons. The van der Waals surface area contributed by atoms with Crippen LogP contribution in [0, 0.1) is 30.9 Å². The van der Waals surface area contributed by atoms with E-state index < -0.39 is 37.2 Å². The summed E-state index contributed by atoms with van der Waals surface area (Å²) >= 11 is 0. The number of guanidine groups is 1. The quantitative estimate of drug-likeness (QED) is 0.348. The van der Waals surface area contributed by atoms with Crippen LogP contribution in [-0.2, 0) is 9.84 Å². The molecule has 4 N–H and O–H groups in total. The van der Waals surface area contributed by atoms with E-state index in [1.165, 1.54) is 13.0 Å². The van der Waals surface area contributed by atoms with Gasteiger partial charge in [0.1, 0.15) is 4.90 Å². The Balaban J connectivity index is 2.77. The zero-order chi connectivity index (χ0) is 20.5. The van der Waals surface area contributed by atoms with E-state index in [4.69, 9.17) is 11.5 Å². The van der Waals surface area contributed by atoms with Crippen LogP contribution >= 0.6 is 0 Å². The molecule has 9 nitrogen and oxygen atoms in total. The number of amides is 1. The molecule has 27 heavy (non-hydrogen) atoms. The molecule has 0 saturated heterocycles. The van der Waals surface area contributed by atoms with Crippen molar-refractivity contribution in [3.8, 4) is 0 Å². The van der Waals surface area contributed by atoms with Crippen LogP contribution in [0.15, 0.2) is 45.1 Å². The first-order valence-corrected chi connectivity index (χ1v) is 9.18. The maximum atomic E-state index is 13.0. The number of aliphatic imine (C=N–C) groups is 1. The van der Waals surface area contributed by atoms with Crippen LogP contribution in [0.25, 0.3) is 0 Å². The third kappa shape index (κ3) is 3.95. The van der Waals surface area contributed by atoms with Crippen LogP contribution in [0.5, 0.6) is 0 Å². The summed E-state index contributed by atoms with van der Waals surface area (Å²) in [6, 6.07) is 6.64. The summed E-state index contributed by atoms with van der Waals surface area (Å²) in [6.07, 6.45) is 0. The number of nitro benzene ring substituents is 1. The van der Waals surface area contributed by atoms with Crippen LogP contribution < -0.4 is 11.5 Å². The summed E-state index contributed by atoms with van der Waals surface area (Å²) in [6.45, 7) is 4.86. The number of sulfone groups is 1. The van der Waals surface area contributed by atoms with Crippen LogP contribution in [0.1, 0.15) is 27.0 Å².